The largest absolute Gasteiger partial charge is 0.350 e. The van der Waals surface area contributed by atoms with Crippen LogP contribution in [0.5, 0.6) is 0 Å². The van der Waals surface area contributed by atoms with E-state index in [2.05, 4.69) is 25.9 Å². The van der Waals surface area contributed by atoms with Crippen LogP contribution < -0.4 is 16.0 Å². The molecule has 0 spiro atoms. The third-order valence-corrected chi connectivity index (χ3v) is 3.97. The highest BCUT2D eigenvalue weighted by Gasteiger charge is 2.09. The Bertz CT molecular complexity index is 1010. The van der Waals surface area contributed by atoms with E-state index in [0.717, 1.165) is 5.56 Å². The van der Waals surface area contributed by atoms with Crippen molar-refractivity contribution < 1.29 is 14.0 Å². The second kappa shape index (κ2) is 9.41. The van der Waals surface area contributed by atoms with Gasteiger partial charge >= 0.3 is 0 Å². The van der Waals surface area contributed by atoms with Crippen molar-refractivity contribution in [3.8, 4) is 0 Å². The number of hydrogen-bond donors (Lipinski definition) is 3. The standard InChI is InChI=1S/C21H20FN5O2/c1-14(28)26-17-3-2-4-18(11-17)27-20-12-19(24-13-25-20)21(29)23-10-9-15-5-7-16(22)8-6-15/h2-8,11-13H,9-10H2,1H3,(H,23,29)(H,26,28)(H,24,25,27). The van der Waals surface area contributed by atoms with E-state index in [4.69, 9.17) is 0 Å². The smallest absolute Gasteiger partial charge is 0.270 e. The number of nitrogens with one attached hydrogen (secondary N) is 3. The molecule has 0 aliphatic heterocycles. The number of anilines is 3. The Hall–Kier alpha value is -3.81. The van der Waals surface area contributed by atoms with Crippen LogP contribution in [-0.4, -0.2) is 28.3 Å². The number of carbonyl (C=O) groups is 2. The molecule has 8 heteroatoms. The summed E-state index contributed by atoms with van der Waals surface area (Å²) < 4.78 is 12.9. The van der Waals surface area contributed by atoms with Crippen molar-refractivity contribution in [3.63, 3.8) is 0 Å². The molecule has 2 aromatic carbocycles. The summed E-state index contributed by atoms with van der Waals surface area (Å²) in [5, 5.41) is 8.57. The van der Waals surface area contributed by atoms with E-state index in [0.29, 0.717) is 30.2 Å². The van der Waals surface area contributed by atoms with Gasteiger partial charge in [-0.2, -0.15) is 0 Å². The van der Waals surface area contributed by atoms with E-state index in [9.17, 15) is 14.0 Å². The molecule has 7 nitrogen and oxygen atoms in total. The van der Waals surface area contributed by atoms with Crippen molar-refractivity contribution in [2.75, 3.05) is 17.2 Å². The Morgan fingerprint density at radius 2 is 1.76 bits per heavy atom. The summed E-state index contributed by atoms with van der Waals surface area (Å²) in [7, 11) is 0. The van der Waals surface area contributed by atoms with Crippen molar-refractivity contribution in [1.29, 1.82) is 0 Å². The highest BCUT2D eigenvalue weighted by Crippen LogP contribution is 2.19. The van der Waals surface area contributed by atoms with Crippen LogP contribution in [0.3, 0.4) is 0 Å². The van der Waals surface area contributed by atoms with Gasteiger partial charge in [-0.15, -0.1) is 0 Å². The summed E-state index contributed by atoms with van der Waals surface area (Å²) in [5.41, 5.74) is 2.50. The first-order valence-electron chi connectivity index (χ1n) is 8.99. The first kappa shape index (κ1) is 19.9. The molecule has 0 bridgehead atoms. The Labute approximate surface area is 167 Å². The van der Waals surface area contributed by atoms with Crippen molar-refractivity contribution in [3.05, 3.63) is 78.0 Å². The first-order chi connectivity index (χ1) is 14.0. The maximum atomic E-state index is 12.9. The molecule has 148 valence electrons. The zero-order chi connectivity index (χ0) is 20.6. The third-order valence-electron chi connectivity index (χ3n) is 3.97. The number of rotatable bonds is 7. The fraction of sp³-hybridized carbons (Fsp3) is 0.143. The molecule has 3 rings (SSSR count). The number of carbonyl (C=O) groups excluding carboxylic acids is 2. The number of halogens is 1. The molecule has 3 N–H and O–H groups in total. The van der Waals surface area contributed by atoms with Crippen LogP contribution in [0, 0.1) is 5.82 Å². The normalized spacial score (nSPS) is 10.3. The minimum atomic E-state index is -0.329. The predicted molar refractivity (Wildman–Crippen MR) is 108 cm³/mol. The molecule has 1 heterocycles. The van der Waals surface area contributed by atoms with Crippen LogP contribution in [0.1, 0.15) is 23.0 Å². The molecule has 1 aromatic heterocycles. The summed E-state index contributed by atoms with van der Waals surface area (Å²) in [6, 6.07) is 14.8. The molecule has 0 fully saturated rings. The SMILES string of the molecule is CC(=O)Nc1cccc(Nc2cc(C(=O)NCCc3ccc(F)cc3)ncn2)c1. The lowest BCUT2D eigenvalue weighted by Gasteiger charge is -2.09. The summed E-state index contributed by atoms with van der Waals surface area (Å²) in [6.07, 6.45) is 1.88. The van der Waals surface area contributed by atoms with Gasteiger partial charge < -0.3 is 16.0 Å². The van der Waals surface area contributed by atoms with Crippen LogP contribution in [0.25, 0.3) is 0 Å². The number of nitrogens with zero attached hydrogens (tertiary/aromatic N) is 2. The number of benzene rings is 2. The predicted octanol–water partition coefficient (Wildman–Crippen LogP) is 3.29. The van der Waals surface area contributed by atoms with E-state index in [1.54, 1.807) is 30.3 Å². The van der Waals surface area contributed by atoms with Crippen molar-refractivity contribution in [1.82, 2.24) is 15.3 Å². The van der Waals surface area contributed by atoms with Crippen molar-refractivity contribution in [2.24, 2.45) is 0 Å². The average Bonchev–Trinajstić information content (AvgIpc) is 2.69. The highest BCUT2D eigenvalue weighted by molar-refractivity contribution is 5.93. The summed E-state index contributed by atoms with van der Waals surface area (Å²) in [5.74, 6) is -0.335. The first-order valence-corrected chi connectivity index (χ1v) is 8.99. The molecule has 0 atom stereocenters. The van der Waals surface area contributed by atoms with Gasteiger partial charge in [0.1, 0.15) is 23.7 Å². The van der Waals surface area contributed by atoms with Gasteiger partial charge in [0.15, 0.2) is 0 Å². The Morgan fingerprint density at radius 3 is 2.52 bits per heavy atom. The van der Waals surface area contributed by atoms with Gasteiger partial charge in [-0.25, -0.2) is 14.4 Å². The third kappa shape index (κ3) is 6.10. The molecule has 3 aromatic rings. The molecule has 0 aliphatic rings. The van der Waals surface area contributed by atoms with Crippen molar-refractivity contribution in [2.45, 2.75) is 13.3 Å². The molecule has 0 radical (unpaired) electrons. The molecule has 2 amide bonds. The summed E-state index contributed by atoms with van der Waals surface area (Å²) >= 11 is 0. The van der Waals surface area contributed by atoms with E-state index in [-0.39, 0.29) is 23.3 Å². The maximum Gasteiger partial charge on any atom is 0.270 e. The molecule has 0 saturated carbocycles. The lowest BCUT2D eigenvalue weighted by atomic mass is 10.1. The van der Waals surface area contributed by atoms with Gasteiger partial charge in [0, 0.05) is 30.9 Å². The van der Waals surface area contributed by atoms with Gasteiger partial charge in [-0.1, -0.05) is 18.2 Å². The molecular weight excluding hydrogens is 373 g/mol. The minimum absolute atomic E-state index is 0.163. The Kier molecular flexibility index (Phi) is 6.47. The number of hydrogen-bond acceptors (Lipinski definition) is 5. The quantitative estimate of drug-likeness (QED) is 0.572. The Morgan fingerprint density at radius 1 is 1.00 bits per heavy atom. The maximum absolute atomic E-state index is 12.9. The van der Waals surface area contributed by atoms with Crippen LogP contribution in [0.15, 0.2) is 60.9 Å². The van der Waals surface area contributed by atoms with E-state index >= 15 is 0 Å². The fourth-order valence-corrected chi connectivity index (χ4v) is 2.64. The second-order valence-electron chi connectivity index (χ2n) is 6.31. The van der Waals surface area contributed by atoms with E-state index in [1.165, 1.54) is 31.5 Å². The number of amides is 2. The zero-order valence-electron chi connectivity index (χ0n) is 15.8. The van der Waals surface area contributed by atoms with Crippen LogP contribution in [0.4, 0.5) is 21.6 Å². The average molecular weight is 393 g/mol. The van der Waals surface area contributed by atoms with Crippen LogP contribution in [-0.2, 0) is 11.2 Å². The van der Waals surface area contributed by atoms with Gasteiger partial charge in [0.2, 0.25) is 5.91 Å². The second-order valence-corrected chi connectivity index (χ2v) is 6.31. The van der Waals surface area contributed by atoms with Crippen molar-refractivity contribution >= 4 is 29.0 Å². The molecule has 0 aliphatic carbocycles. The molecule has 0 unspecified atom stereocenters. The van der Waals surface area contributed by atoms with Gasteiger partial charge in [-0.05, 0) is 42.3 Å². The van der Waals surface area contributed by atoms with E-state index < -0.39 is 0 Å². The number of aromatic nitrogens is 2. The monoisotopic (exact) mass is 393 g/mol. The minimum Gasteiger partial charge on any atom is -0.350 e. The van der Waals surface area contributed by atoms with Gasteiger partial charge in [0.25, 0.3) is 5.91 Å². The van der Waals surface area contributed by atoms with E-state index in [1.807, 2.05) is 6.07 Å². The van der Waals surface area contributed by atoms with Gasteiger partial charge in [0.05, 0.1) is 0 Å². The zero-order valence-corrected chi connectivity index (χ0v) is 15.8. The topological polar surface area (TPSA) is 96.0 Å². The van der Waals surface area contributed by atoms with Crippen LogP contribution >= 0.6 is 0 Å². The molecule has 0 saturated heterocycles. The lowest BCUT2D eigenvalue weighted by Crippen LogP contribution is -2.26. The summed E-state index contributed by atoms with van der Waals surface area (Å²) in [4.78, 5) is 31.6. The van der Waals surface area contributed by atoms with Crippen LogP contribution in [0.2, 0.25) is 0 Å². The fourth-order valence-electron chi connectivity index (χ4n) is 2.64. The lowest BCUT2D eigenvalue weighted by molar-refractivity contribution is -0.114. The Balaban J connectivity index is 1.59. The summed E-state index contributed by atoms with van der Waals surface area (Å²) in [6.45, 7) is 1.83. The highest BCUT2D eigenvalue weighted by atomic mass is 19.1. The molecular formula is C21H20FN5O2. The molecule has 29 heavy (non-hydrogen) atoms. The van der Waals surface area contributed by atoms with Gasteiger partial charge in [-0.3, -0.25) is 9.59 Å².